The Labute approximate surface area is 168 Å². The van der Waals surface area contributed by atoms with Crippen molar-refractivity contribution in [3.63, 3.8) is 0 Å². The topological polar surface area (TPSA) is 52.3 Å². The summed E-state index contributed by atoms with van der Waals surface area (Å²) in [4.78, 5) is 12.8. The van der Waals surface area contributed by atoms with Crippen molar-refractivity contribution < 1.29 is 18.4 Å². The molecule has 6 heteroatoms. The first-order valence-corrected chi connectivity index (χ1v) is 10.3. The van der Waals surface area contributed by atoms with Crippen LogP contribution in [-0.4, -0.2) is 16.0 Å². The maximum atomic E-state index is 13.1. The van der Waals surface area contributed by atoms with E-state index < -0.39 is 5.41 Å². The van der Waals surface area contributed by atoms with Gasteiger partial charge in [-0.25, -0.2) is 4.39 Å². The van der Waals surface area contributed by atoms with Crippen molar-refractivity contribution in [2.24, 2.45) is 17.3 Å². The van der Waals surface area contributed by atoms with Crippen LogP contribution in [0.3, 0.4) is 0 Å². The summed E-state index contributed by atoms with van der Waals surface area (Å²) in [7, 11) is 0. The Bertz CT molecular complexity index is 908. The molecule has 4 nitrogen and oxygen atoms in total. The minimum atomic E-state index is -0.427. The number of aromatic nitrogens is 1. The number of rotatable bonds is 4. The van der Waals surface area contributed by atoms with E-state index in [1.165, 1.54) is 18.6 Å². The number of nitrogens with zero attached hydrogens (tertiary/aromatic N) is 1. The van der Waals surface area contributed by atoms with Crippen molar-refractivity contribution in [1.29, 1.82) is 0 Å². The number of benzene rings is 1. The second-order valence-electron chi connectivity index (χ2n) is 9.06. The van der Waals surface area contributed by atoms with Gasteiger partial charge in [-0.15, -0.1) is 11.6 Å². The molecule has 0 N–H and O–H groups in total. The first-order chi connectivity index (χ1) is 13.4. The van der Waals surface area contributed by atoms with Crippen LogP contribution >= 0.6 is 11.6 Å². The molecular weight excluding hydrogens is 381 g/mol. The fourth-order valence-electron chi connectivity index (χ4n) is 6.05. The standard InChI is InChI=1S/C22H23ClFNO3/c1-13-18(25-28-19(13)16-2-4-17(24)5-3-16)11-27-20(26)21-7-14-6-15(8-21)10-22(23,9-14)12-21/h2-5,14-15H,6-12H2,1H3/t14-,15+,21?,22?. The zero-order chi connectivity index (χ0) is 19.5. The molecule has 0 spiro atoms. The lowest BCUT2D eigenvalue weighted by Gasteiger charge is -2.58. The highest BCUT2D eigenvalue weighted by atomic mass is 35.5. The Morgan fingerprint density at radius 2 is 1.93 bits per heavy atom. The number of ether oxygens (including phenoxy) is 1. The molecule has 0 saturated heterocycles. The highest BCUT2D eigenvalue weighted by molar-refractivity contribution is 6.24. The molecule has 4 bridgehead atoms. The number of carbonyl (C=O) groups excluding carboxylic acids is 1. The molecule has 4 saturated carbocycles. The van der Waals surface area contributed by atoms with Gasteiger partial charge in [0.05, 0.1) is 5.41 Å². The first kappa shape index (κ1) is 18.2. The van der Waals surface area contributed by atoms with Crippen LogP contribution < -0.4 is 0 Å². The molecule has 1 heterocycles. The van der Waals surface area contributed by atoms with E-state index in [9.17, 15) is 9.18 Å². The van der Waals surface area contributed by atoms with Gasteiger partial charge in [-0.05, 0) is 81.5 Å². The van der Waals surface area contributed by atoms with Crippen molar-refractivity contribution in [1.82, 2.24) is 5.16 Å². The van der Waals surface area contributed by atoms with Crippen LogP contribution in [0.4, 0.5) is 4.39 Å². The summed E-state index contributed by atoms with van der Waals surface area (Å²) in [5.74, 6) is 1.22. The molecule has 4 atom stereocenters. The van der Waals surface area contributed by atoms with Gasteiger partial charge in [-0.1, -0.05) is 5.16 Å². The summed E-state index contributed by atoms with van der Waals surface area (Å²) in [5.41, 5.74) is 1.72. The molecule has 0 aliphatic heterocycles. The van der Waals surface area contributed by atoms with E-state index in [4.69, 9.17) is 20.9 Å². The van der Waals surface area contributed by atoms with E-state index in [2.05, 4.69) is 5.16 Å². The van der Waals surface area contributed by atoms with Gasteiger partial charge in [0.25, 0.3) is 0 Å². The van der Waals surface area contributed by atoms with Crippen molar-refractivity contribution in [3.8, 4) is 11.3 Å². The molecule has 1 aromatic heterocycles. The van der Waals surface area contributed by atoms with E-state index in [-0.39, 0.29) is 23.3 Å². The number of hydrogen-bond donors (Lipinski definition) is 0. The molecule has 0 radical (unpaired) electrons. The Kier molecular flexibility index (Phi) is 4.10. The summed E-state index contributed by atoms with van der Waals surface area (Å²) in [5, 5.41) is 4.07. The molecule has 2 aromatic rings. The Hall–Kier alpha value is -1.88. The SMILES string of the molecule is Cc1c(COC(=O)C23C[C@@H]4C[C@@H](CC(Cl)(C4)C2)C3)noc1-c1ccc(F)cc1. The minimum absolute atomic E-state index is 0.0850. The summed E-state index contributed by atoms with van der Waals surface area (Å²) in [6, 6.07) is 6.06. The average Bonchev–Trinajstić information content (AvgIpc) is 2.99. The van der Waals surface area contributed by atoms with Crippen LogP contribution in [0.1, 0.15) is 49.8 Å². The molecular formula is C22H23ClFNO3. The predicted octanol–water partition coefficient (Wildman–Crippen LogP) is 5.41. The van der Waals surface area contributed by atoms with Crippen LogP contribution in [0, 0.1) is 30.0 Å². The summed E-state index contributed by atoms with van der Waals surface area (Å²) in [6.45, 7) is 1.96. The molecule has 28 heavy (non-hydrogen) atoms. The molecule has 148 valence electrons. The van der Waals surface area contributed by atoms with E-state index in [0.29, 0.717) is 23.3 Å². The lowest BCUT2D eigenvalue weighted by molar-refractivity contribution is -0.171. The third kappa shape index (κ3) is 2.95. The smallest absolute Gasteiger partial charge is 0.312 e. The molecule has 4 fully saturated rings. The van der Waals surface area contributed by atoms with Gasteiger partial charge < -0.3 is 9.26 Å². The van der Waals surface area contributed by atoms with E-state index in [0.717, 1.165) is 43.2 Å². The van der Waals surface area contributed by atoms with Gasteiger partial charge in [0, 0.05) is 16.0 Å². The van der Waals surface area contributed by atoms with Crippen LogP contribution in [0.2, 0.25) is 0 Å². The van der Waals surface area contributed by atoms with Gasteiger partial charge in [-0.2, -0.15) is 0 Å². The second-order valence-corrected chi connectivity index (χ2v) is 9.86. The summed E-state index contributed by atoms with van der Waals surface area (Å²) >= 11 is 6.83. The Morgan fingerprint density at radius 3 is 2.57 bits per heavy atom. The third-order valence-electron chi connectivity index (χ3n) is 6.89. The summed E-state index contributed by atoms with van der Waals surface area (Å²) < 4.78 is 24.3. The maximum absolute atomic E-state index is 13.1. The van der Waals surface area contributed by atoms with Crippen molar-refractivity contribution in [2.75, 3.05) is 0 Å². The molecule has 6 rings (SSSR count). The lowest BCUT2D eigenvalue weighted by atomic mass is 9.49. The van der Waals surface area contributed by atoms with Crippen LogP contribution in [0.15, 0.2) is 28.8 Å². The number of halogens is 2. The first-order valence-electron chi connectivity index (χ1n) is 9.93. The fraction of sp³-hybridized carbons (Fsp3) is 0.545. The maximum Gasteiger partial charge on any atom is 0.312 e. The lowest BCUT2D eigenvalue weighted by Crippen LogP contribution is -2.56. The van der Waals surface area contributed by atoms with Gasteiger partial charge >= 0.3 is 5.97 Å². The molecule has 4 aliphatic carbocycles. The zero-order valence-corrected chi connectivity index (χ0v) is 16.6. The largest absolute Gasteiger partial charge is 0.459 e. The van der Waals surface area contributed by atoms with Crippen molar-refractivity contribution in [3.05, 3.63) is 41.3 Å². The molecule has 4 aliphatic rings. The molecule has 0 amide bonds. The van der Waals surface area contributed by atoms with Crippen molar-refractivity contribution >= 4 is 17.6 Å². The van der Waals surface area contributed by atoms with Gasteiger partial charge in [0.15, 0.2) is 5.76 Å². The molecule has 1 aromatic carbocycles. The average molecular weight is 404 g/mol. The monoisotopic (exact) mass is 403 g/mol. The Morgan fingerprint density at radius 1 is 1.25 bits per heavy atom. The van der Waals surface area contributed by atoms with Gasteiger partial charge in [0.1, 0.15) is 18.1 Å². The zero-order valence-electron chi connectivity index (χ0n) is 15.8. The minimum Gasteiger partial charge on any atom is -0.459 e. The second kappa shape index (κ2) is 6.31. The van der Waals surface area contributed by atoms with Crippen LogP contribution in [-0.2, 0) is 16.1 Å². The number of carbonyl (C=O) groups is 1. The van der Waals surface area contributed by atoms with Crippen LogP contribution in [0.25, 0.3) is 11.3 Å². The summed E-state index contributed by atoms with van der Waals surface area (Å²) in [6.07, 6.45) is 5.79. The number of hydrogen-bond acceptors (Lipinski definition) is 4. The number of alkyl halides is 1. The van der Waals surface area contributed by atoms with E-state index >= 15 is 0 Å². The van der Waals surface area contributed by atoms with E-state index in [1.807, 2.05) is 6.92 Å². The number of esters is 1. The van der Waals surface area contributed by atoms with E-state index in [1.54, 1.807) is 12.1 Å². The van der Waals surface area contributed by atoms with Gasteiger partial charge in [-0.3, -0.25) is 4.79 Å². The molecule has 2 unspecified atom stereocenters. The quantitative estimate of drug-likeness (QED) is 0.506. The Balaban J connectivity index is 1.31. The third-order valence-corrected chi connectivity index (χ3v) is 7.33. The highest BCUT2D eigenvalue weighted by Crippen LogP contribution is 2.64. The highest BCUT2D eigenvalue weighted by Gasteiger charge is 2.60. The van der Waals surface area contributed by atoms with Gasteiger partial charge in [0.2, 0.25) is 0 Å². The van der Waals surface area contributed by atoms with Crippen LogP contribution in [0.5, 0.6) is 0 Å². The fourth-order valence-corrected chi connectivity index (χ4v) is 6.74. The van der Waals surface area contributed by atoms with Crippen molar-refractivity contribution in [2.45, 2.75) is 56.9 Å². The predicted molar refractivity (Wildman–Crippen MR) is 102 cm³/mol. The normalized spacial score (nSPS) is 33.2.